The van der Waals surface area contributed by atoms with Gasteiger partial charge in [-0.2, -0.15) is 26.3 Å². The molecule has 0 radical (unpaired) electrons. The van der Waals surface area contributed by atoms with Crippen LogP contribution in [0.25, 0.3) is 0 Å². The maximum atomic E-state index is 13.0. The van der Waals surface area contributed by atoms with Crippen LogP contribution in [0.5, 0.6) is 0 Å². The van der Waals surface area contributed by atoms with Crippen LogP contribution in [0, 0.1) is 6.92 Å². The van der Waals surface area contributed by atoms with E-state index in [0.717, 1.165) is 4.90 Å². The number of anilines is 1. The predicted octanol–water partition coefficient (Wildman–Crippen LogP) is 4.29. The molecule has 0 bridgehead atoms. The monoisotopic (exact) mass is 435 g/mol. The lowest BCUT2D eigenvalue weighted by Gasteiger charge is -2.22. The van der Waals surface area contributed by atoms with Crippen LogP contribution in [0.4, 0.5) is 32.2 Å². The van der Waals surface area contributed by atoms with Gasteiger partial charge in [0.15, 0.2) is 5.82 Å². The standard InChI is InChI=1S/C18H15F6N3O3/c1-3-4-27(9-15(28)25-14-5-10(2)30-26-14)16(29)11-6-12(17(19,20)21)8-13(7-11)18(22,23)24/h3,5-8H,1,4,9H2,2H3,(H,25,26,28). The Morgan fingerprint density at radius 1 is 1.10 bits per heavy atom. The second kappa shape index (κ2) is 8.59. The summed E-state index contributed by atoms with van der Waals surface area (Å²) in [6, 6.07) is 1.88. The average Bonchev–Trinajstić information content (AvgIpc) is 3.03. The van der Waals surface area contributed by atoms with Crippen molar-refractivity contribution in [3.8, 4) is 0 Å². The van der Waals surface area contributed by atoms with E-state index in [1.165, 1.54) is 12.1 Å². The van der Waals surface area contributed by atoms with Gasteiger partial charge in [0.25, 0.3) is 5.91 Å². The highest BCUT2D eigenvalue weighted by molar-refractivity contribution is 5.99. The van der Waals surface area contributed by atoms with Crippen LogP contribution >= 0.6 is 0 Å². The first-order valence-electron chi connectivity index (χ1n) is 8.24. The van der Waals surface area contributed by atoms with Crippen LogP contribution in [0.1, 0.15) is 27.2 Å². The molecule has 12 heteroatoms. The fraction of sp³-hybridized carbons (Fsp3) is 0.278. The number of hydrogen-bond donors (Lipinski definition) is 1. The van der Waals surface area contributed by atoms with Gasteiger partial charge in [0.05, 0.1) is 11.1 Å². The first-order chi connectivity index (χ1) is 13.8. The van der Waals surface area contributed by atoms with Crippen LogP contribution in [0.3, 0.4) is 0 Å². The molecular weight excluding hydrogens is 420 g/mol. The highest BCUT2D eigenvalue weighted by Crippen LogP contribution is 2.36. The molecule has 0 unspecified atom stereocenters. The Hall–Kier alpha value is -3.31. The van der Waals surface area contributed by atoms with Gasteiger partial charge in [-0.3, -0.25) is 9.59 Å². The second-order valence-electron chi connectivity index (χ2n) is 6.14. The third kappa shape index (κ3) is 5.84. The van der Waals surface area contributed by atoms with Gasteiger partial charge < -0.3 is 14.7 Å². The number of carbonyl (C=O) groups is 2. The summed E-state index contributed by atoms with van der Waals surface area (Å²) in [6.07, 6.45) is -9.05. The number of aromatic nitrogens is 1. The zero-order chi connectivity index (χ0) is 22.7. The number of halogens is 6. The maximum Gasteiger partial charge on any atom is 0.416 e. The number of benzene rings is 1. The molecular formula is C18H15F6N3O3. The van der Waals surface area contributed by atoms with Crippen molar-refractivity contribution in [2.75, 3.05) is 18.4 Å². The number of hydrogen-bond acceptors (Lipinski definition) is 4. The summed E-state index contributed by atoms with van der Waals surface area (Å²) in [4.78, 5) is 25.5. The quantitative estimate of drug-likeness (QED) is 0.543. The van der Waals surface area contributed by atoms with E-state index in [9.17, 15) is 35.9 Å². The SMILES string of the molecule is C=CCN(CC(=O)Nc1cc(C)on1)C(=O)c1cc(C(F)(F)F)cc(C(F)(F)F)c1. The number of aryl methyl sites for hydroxylation is 1. The van der Waals surface area contributed by atoms with E-state index in [1.54, 1.807) is 6.92 Å². The molecule has 0 spiro atoms. The Labute approximate surface area is 166 Å². The first kappa shape index (κ1) is 23.0. The first-order valence-corrected chi connectivity index (χ1v) is 8.24. The van der Waals surface area contributed by atoms with Gasteiger partial charge in [-0.15, -0.1) is 6.58 Å². The van der Waals surface area contributed by atoms with E-state index in [-0.39, 0.29) is 18.4 Å². The molecule has 1 N–H and O–H groups in total. The lowest BCUT2D eigenvalue weighted by atomic mass is 10.0. The molecule has 30 heavy (non-hydrogen) atoms. The smallest absolute Gasteiger partial charge is 0.360 e. The number of nitrogens with zero attached hydrogens (tertiary/aromatic N) is 2. The van der Waals surface area contributed by atoms with Crippen molar-refractivity contribution >= 4 is 17.6 Å². The normalized spacial score (nSPS) is 11.8. The van der Waals surface area contributed by atoms with Crippen molar-refractivity contribution in [1.82, 2.24) is 10.1 Å². The fourth-order valence-corrected chi connectivity index (χ4v) is 2.42. The summed E-state index contributed by atoms with van der Waals surface area (Å²) in [7, 11) is 0. The van der Waals surface area contributed by atoms with E-state index in [1.807, 2.05) is 0 Å². The Morgan fingerprint density at radius 2 is 1.67 bits per heavy atom. The van der Waals surface area contributed by atoms with E-state index in [4.69, 9.17) is 4.52 Å². The molecule has 2 amide bonds. The van der Waals surface area contributed by atoms with Gasteiger partial charge >= 0.3 is 12.4 Å². The fourth-order valence-electron chi connectivity index (χ4n) is 2.42. The van der Waals surface area contributed by atoms with Gasteiger partial charge in [-0.1, -0.05) is 11.2 Å². The number of alkyl halides is 6. The van der Waals surface area contributed by atoms with Crippen LogP contribution in [0.2, 0.25) is 0 Å². The summed E-state index contributed by atoms with van der Waals surface area (Å²) in [5.74, 6) is -1.59. The Balaban J connectivity index is 2.33. The summed E-state index contributed by atoms with van der Waals surface area (Å²) in [5.41, 5.74) is -4.15. The molecule has 0 aliphatic carbocycles. The topological polar surface area (TPSA) is 75.4 Å². The van der Waals surface area contributed by atoms with E-state index < -0.39 is 47.4 Å². The molecule has 162 valence electrons. The highest BCUT2D eigenvalue weighted by Gasteiger charge is 2.38. The minimum Gasteiger partial charge on any atom is -0.360 e. The van der Waals surface area contributed by atoms with Crippen molar-refractivity contribution < 1.29 is 40.5 Å². The maximum absolute atomic E-state index is 13.0. The van der Waals surface area contributed by atoms with Gasteiger partial charge in [-0.25, -0.2) is 0 Å². The van der Waals surface area contributed by atoms with Crippen molar-refractivity contribution in [3.05, 3.63) is 59.4 Å². The molecule has 0 aliphatic rings. The zero-order valence-electron chi connectivity index (χ0n) is 15.4. The average molecular weight is 435 g/mol. The van der Waals surface area contributed by atoms with E-state index >= 15 is 0 Å². The molecule has 0 saturated heterocycles. The van der Waals surface area contributed by atoms with Crippen molar-refractivity contribution in [3.63, 3.8) is 0 Å². The number of amides is 2. The van der Waals surface area contributed by atoms with Crippen LogP contribution in [-0.2, 0) is 17.1 Å². The van der Waals surface area contributed by atoms with E-state index in [0.29, 0.717) is 17.9 Å². The molecule has 0 aliphatic heterocycles. The van der Waals surface area contributed by atoms with Crippen molar-refractivity contribution in [1.29, 1.82) is 0 Å². The number of carbonyl (C=O) groups excluding carboxylic acids is 2. The van der Waals surface area contributed by atoms with Crippen LogP contribution in [0.15, 0.2) is 41.4 Å². The van der Waals surface area contributed by atoms with Gasteiger partial charge in [0, 0.05) is 18.2 Å². The molecule has 0 atom stereocenters. The lowest BCUT2D eigenvalue weighted by Crippen LogP contribution is -2.38. The van der Waals surface area contributed by atoms with E-state index in [2.05, 4.69) is 17.1 Å². The van der Waals surface area contributed by atoms with Crippen molar-refractivity contribution in [2.24, 2.45) is 0 Å². The summed E-state index contributed by atoms with van der Waals surface area (Å²) in [6.45, 7) is 3.95. The van der Waals surface area contributed by atoms with Crippen LogP contribution < -0.4 is 5.32 Å². The van der Waals surface area contributed by atoms with Gasteiger partial charge in [0.2, 0.25) is 5.91 Å². The lowest BCUT2D eigenvalue weighted by molar-refractivity contribution is -0.143. The minimum absolute atomic E-state index is 0.0296. The largest absolute Gasteiger partial charge is 0.416 e. The molecule has 6 nitrogen and oxygen atoms in total. The molecule has 0 fully saturated rings. The summed E-state index contributed by atoms with van der Waals surface area (Å²) < 4.78 is 82.8. The summed E-state index contributed by atoms with van der Waals surface area (Å²) >= 11 is 0. The van der Waals surface area contributed by atoms with Crippen LogP contribution in [-0.4, -0.2) is 35.0 Å². The molecule has 1 heterocycles. The molecule has 2 aromatic rings. The Kier molecular flexibility index (Phi) is 6.58. The minimum atomic E-state index is -5.11. The number of nitrogens with one attached hydrogen (secondary N) is 1. The third-order valence-electron chi connectivity index (χ3n) is 3.70. The molecule has 1 aromatic carbocycles. The molecule has 2 rings (SSSR count). The van der Waals surface area contributed by atoms with Gasteiger partial charge in [-0.05, 0) is 25.1 Å². The molecule has 1 aromatic heterocycles. The predicted molar refractivity (Wildman–Crippen MR) is 92.4 cm³/mol. The Bertz CT molecular complexity index is 917. The summed E-state index contributed by atoms with van der Waals surface area (Å²) in [5, 5.41) is 5.81. The van der Waals surface area contributed by atoms with Crippen molar-refractivity contribution in [2.45, 2.75) is 19.3 Å². The Morgan fingerprint density at radius 3 is 2.10 bits per heavy atom. The zero-order valence-corrected chi connectivity index (χ0v) is 15.4. The van der Waals surface area contributed by atoms with Gasteiger partial charge in [0.1, 0.15) is 12.3 Å². The second-order valence-corrected chi connectivity index (χ2v) is 6.14. The highest BCUT2D eigenvalue weighted by atomic mass is 19.4. The number of rotatable bonds is 6. The molecule has 0 saturated carbocycles. The third-order valence-corrected chi connectivity index (χ3v) is 3.70.